The Morgan fingerprint density at radius 2 is 1.50 bits per heavy atom. The van der Waals surface area contributed by atoms with Crippen molar-refractivity contribution in [1.29, 1.82) is 0 Å². The van der Waals surface area contributed by atoms with Crippen LogP contribution in [0.1, 0.15) is 78.9 Å². The maximum absolute atomic E-state index is 13.4. The fourth-order valence-electron chi connectivity index (χ4n) is 3.79. The Balaban J connectivity index is 3.15. The number of ether oxygens (including phenoxy) is 2. The highest BCUT2D eigenvalue weighted by Crippen LogP contribution is 2.33. The monoisotopic (exact) mass is 391 g/mol. The summed E-state index contributed by atoms with van der Waals surface area (Å²) in [5, 5.41) is 3.14. The van der Waals surface area contributed by atoms with Crippen molar-refractivity contribution in [1.82, 2.24) is 0 Å². The molecule has 28 heavy (non-hydrogen) atoms. The molecule has 0 aliphatic carbocycles. The molecule has 1 N–H and O–H groups in total. The van der Waals surface area contributed by atoms with Crippen LogP contribution in [0.4, 0.5) is 5.69 Å². The molecular weight excluding hydrogens is 350 g/mol. The second-order valence-electron chi connectivity index (χ2n) is 8.85. The second-order valence-corrected chi connectivity index (χ2v) is 8.85. The van der Waals surface area contributed by atoms with Gasteiger partial charge < -0.3 is 14.8 Å². The zero-order valence-electron chi connectivity index (χ0n) is 19.4. The number of nitrogens with one attached hydrogen (secondary N) is 1. The summed E-state index contributed by atoms with van der Waals surface area (Å²) < 4.78 is 12.2. The molecule has 1 aromatic carbocycles. The molecule has 4 heteroatoms. The third-order valence-corrected chi connectivity index (χ3v) is 4.92. The van der Waals surface area contributed by atoms with Gasteiger partial charge >= 0.3 is 0 Å². The van der Waals surface area contributed by atoms with Crippen molar-refractivity contribution in [3.8, 4) is 5.75 Å². The molecular formula is C24H41NO3. The second kappa shape index (κ2) is 10.8. The van der Waals surface area contributed by atoms with E-state index in [0.29, 0.717) is 31.3 Å². The fraction of sp³-hybridized carbons (Fsp3) is 0.708. The minimum Gasteiger partial charge on any atom is -0.490 e. The smallest absolute Gasteiger partial charge is 0.256 e. The highest BCUT2D eigenvalue weighted by Gasteiger charge is 2.40. The summed E-state index contributed by atoms with van der Waals surface area (Å²) in [7, 11) is 0. The van der Waals surface area contributed by atoms with Gasteiger partial charge in [-0.05, 0) is 82.1 Å². The summed E-state index contributed by atoms with van der Waals surface area (Å²) in [5.41, 5.74) is 2.06. The number of anilines is 1. The van der Waals surface area contributed by atoms with Crippen LogP contribution in [0.3, 0.4) is 0 Å². The first-order valence-electron chi connectivity index (χ1n) is 10.8. The fourth-order valence-corrected chi connectivity index (χ4v) is 3.79. The van der Waals surface area contributed by atoms with Gasteiger partial charge in [-0.3, -0.25) is 4.79 Å². The molecule has 0 saturated carbocycles. The van der Waals surface area contributed by atoms with E-state index in [1.54, 1.807) is 0 Å². The van der Waals surface area contributed by atoms with E-state index in [1.807, 2.05) is 32.9 Å². The first-order valence-corrected chi connectivity index (χ1v) is 10.8. The van der Waals surface area contributed by atoms with Crippen LogP contribution in [0, 0.1) is 25.7 Å². The van der Waals surface area contributed by atoms with E-state index in [1.165, 1.54) is 0 Å². The van der Waals surface area contributed by atoms with E-state index in [0.717, 1.165) is 29.0 Å². The number of carbonyl (C=O) groups excluding carboxylic acids is 1. The van der Waals surface area contributed by atoms with Crippen molar-refractivity contribution in [3.05, 3.63) is 23.3 Å². The Kier molecular flexibility index (Phi) is 9.49. The van der Waals surface area contributed by atoms with Gasteiger partial charge in [0, 0.05) is 12.3 Å². The van der Waals surface area contributed by atoms with Gasteiger partial charge in [-0.1, -0.05) is 34.6 Å². The molecule has 0 bridgehead atoms. The van der Waals surface area contributed by atoms with Gasteiger partial charge in [0.1, 0.15) is 11.4 Å². The minimum atomic E-state index is -0.801. The van der Waals surface area contributed by atoms with Crippen LogP contribution in [-0.4, -0.2) is 24.2 Å². The normalized spacial score (nSPS) is 13.1. The molecule has 0 aliphatic rings. The van der Waals surface area contributed by atoms with Crippen LogP contribution >= 0.6 is 0 Å². The maximum atomic E-state index is 13.4. The molecule has 0 aliphatic heterocycles. The summed E-state index contributed by atoms with van der Waals surface area (Å²) in [5.74, 6) is 1.59. The van der Waals surface area contributed by atoms with E-state index >= 15 is 0 Å². The largest absolute Gasteiger partial charge is 0.490 e. The van der Waals surface area contributed by atoms with Crippen molar-refractivity contribution in [3.63, 3.8) is 0 Å². The minimum absolute atomic E-state index is 0.0499. The van der Waals surface area contributed by atoms with Gasteiger partial charge in [-0.25, -0.2) is 0 Å². The third-order valence-electron chi connectivity index (χ3n) is 4.92. The van der Waals surface area contributed by atoms with E-state index < -0.39 is 5.60 Å². The van der Waals surface area contributed by atoms with Gasteiger partial charge in [0.05, 0.1) is 6.10 Å². The number of amides is 1. The van der Waals surface area contributed by atoms with E-state index in [4.69, 9.17) is 9.47 Å². The van der Waals surface area contributed by atoms with Gasteiger partial charge in [0.15, 0.2) is 0 Å². The number of aryl methyl sites for hydroxylation is 2. The molecule has 0 radical (unpaired) electrons. The number of rotatable bonds is 11. The third kappa shape index (κ3) is 6.80. The first kappa shape index (κ1) is 24.5. The van der Waals surface area contributed by atoms with Crippen LogP contribution < -0.4 is 10.1 Å². The Morgan fingerprint density at radius 3 is 1.89 bits per heavy atom. The van der Waals surface area contributed by atoms with E-state index in [2.05, 4.69) is 46.9 Å². The van der Waals surface area contributed by atoms with E-state index in [9.17, 15) is 4.79 Å². The molecule has 0 spiro atoms. The molecule has 1 atom stereocenters. The summed E-state index contributed by atoms with van der Waals surface area (Å²) in [6.45, 7) is 19.3. The lowest BCUT2D eigenvalue weighted by molar-refractivity contribution is -0.146. The Hall–Kier alpha value is -1.55. The van der Waals surface area contributed by atoms with Crippen molar-refractivity contribution in [2.45, 2.75) is 93.3 Å². The Bertz CT molecular complexity index is 604. The number of hydrogen-bond acceptors (Lipinski definition) is 3. The molecule has 0 fully saturated rings. The molecule has 1 amide bonds. The zero-order chi connectivity index (χ0) is 21.5. The highest BCUT2D eigenvalue weighted by atomic mass is 16.5. The molecule has 160 valence electrons. The molecule has 0 unspecified atom stereocenters. The van der Waals surface area contributed by atoms with Crippen molar-refractivity contribution in [2.75, 3.05) is 11.9 Å². The van der Waals surface area contributed by atoms with Crippen molar-refractivity contribution in [2.24, 2.45) is 11.8 Å². The lowest BCUT2D eigenvalue weighted by Crippen LogP contribution is -2.47. The summed E-state index contributed by atoms with van der Waals surface area (Å²) in [6, 6.07) is 3.98. The predicted molar refractivity (Wildman–Crippen MR) is 118 cm³/mol. The molecule has 0 aromatic heterocycles. The average Bonchev–Trinajstić information content (AvgIpc) is 2.56. The van der Waals surface area contributed by atoms with Gasteiger partial charge in [0.2, 0.25) is 0 Å². The molecule has 0 saturated heterocycles. The van der Waals surface area contributed by atoms with E-state index in [-0.39, 0.29) is 12.0 Å². The average molecular weight is 392 g/mol. The highest BCUT2D eigenvalue weighted by molar-refractivity contribution is 5.97. The van der Waals surface area contributed by atoms with Crippen LogP contribution in [-0.2, 0) is 9.53 Å². The maximum Gasteiger partial charge on any atom is 0.256 e. The van der Waals surface area contributed by atoms with Gasteiger partial charge in [-0.2, -0.15) is 0 Å². The number of hydrogen-bond donors (Lipinski definition) is 1. The lowest BCUT2D eigenvalue weighted by atomic mass is 9.83. The SMILES string of the molecule is CCOC(CC(C)C)(CC(C)C)C(=O)Nc1cc(C)c(O[C@H](C)CC)c(C)c1. The summed E-state index contributed by atoms with van der Waals surface area (Å²) in [6.07, 6.45) is 2.54. The summed E-state index contributed by atoms with van der Waals surface area (Å²) >= 11 is 0. The lowest BCUT2D eigenvalue weighted by Gasteiger charge is -2.35. The van der Waals surface area contributed by atoms with Crippen molar-refractivity contribution >= 4 is 11.6 Å². The van der Waals surface area contributed by atoms with Crippen LogP contribution in [0.25, 0.3) is 0 Å². The molecule has 4 nitrogen and oxygen atoms in total. The first-order chi connectivity index (χ1) is 13.0. The zero-order valence-corrected chi connectivity index (χ0v) is 19.4. The number of benzene rings is 1. The van der Waals surface area contributed by atoms with Crippen LogP contribution in [0.15, 0.2) is 12.1 Å². The summed E-state index contributed by atoms with van der Waals surface area (Å²) in [4.78, 5) is 13.4. The quantitative estimate of drug-likeness (QED) is 0.482. The molecule has 1 aromatic rings. The van der Waals surface area contributed by atoms with Crippen molar-refractivity contribution < 1.29 is 14.3 Å². The van der Waals surface area contributed by atoms with Gasteiger partial charge in [0.25, 0.3) is 5.91 Å². The number of carbonyl (C=O) groups is 1. The van der Waals surface area contributed by atoms with Gasteiger partial charge in [-0.15, -0.1) is 0 Å². The molecule has 1 rings (SSSR count). The van der Waals surface area contributed by atoms with Crippen LogP contribution in [0.2, 0.25) is 0 Å². The van der Waals surface area contributed by atoms with Crippen LogP contribution in [0.5, 0.6) is 5.75 Å². The topological polar surface area (TPSA) is 47.6 Å². The Morgan fingerprint density at radius 1 is 1.00 bits per heavy atom. The Labute approximate surface area is 172 Å². The standard InChI is InChI=1S/C24H41NO3/c1-10-20(9)28-22-18(7)12-21(13-19(22)8)25-23(26)24(27-11-2,14-16(3)4)15-17(5)6/h12-13,16-17,20H,10-11,14-15H2,1-9H3,(H,25,26)/t20-/m1/s1. The predicted octanol–water partition coefficient (Wildman–Crippen LogP) is 6.29. The molecule has 0 heterocycles.